The highest BCUT2D eigenvalue weighted by Crippen LogP contribution is 2.39. The minimum atomic E-state index is -0.672. The molecular formula is C12H16ClN5O3. The van der Waals surface area contributed by atoms with E-state index in [4.69, 9.17) is 5.73 Å². The molecule has 0 spiro atoms. The van der Waals surface area contributed by atoms with Crippen molar-refractivity contribution in [2.24, 2.45) is 5.92 Å². The van der Waals surface area contributed by atoms with Crippen LogP contribution in [0.1, 0.15) is 12.5 Å². The second-order valence-electron chi connectivity index (χ2n) is 4.96. The number of H-pyrrole nitrogens is 1. The third kappa shape index (κ3) is 2.31. The van der Waals surface area contributed by atoms with E-state index in [9.17, 15) is 15.0 Å². The fraction of sp³-hybridized carbons (Fsp3) is 0.417. The van der Waals surface area contributed by atoms with Crippen LogP contribution in [-0.4, -0.2) is 42.4 Å². The molecule has 2 aromatic heterocycles. The fourth-order valence-electron chi connectivity index (χ4n) is 2.74. The molecule has 1 aliphatic carbocycles. The lowest BCUT2D eigenvalue weighted by Crippen LogP contribution is -2.17. The Morgan fingerprint density at radius 2 is 2.29 bits per heavy atom. The van der Waals surface area contributed by atoms with E-state index in [1.807, 2.05) is 0 Å². The maximum atomic E-state index is 11.7. The molecule has 0 aliphatic heterocycles. The first-order valence-electron chi connectivity index (χ1n) is 6.23. The van der Waals surface area contributed by atoms with Gasteiger partial charge in [0.15, 0.2) is 11.2 Å². The van der Waals surface area contributed by atoms with Crippen molar-refractivity contribution in [2.45, 2.75) is 18.6 Å². The lowest BCUT2D eigenvalue weighted by atomic mass is 10.0. The highest BCUT2D eigenvalue weighted by molar-refractivity contribution is 5.85. The van der Waals surface area contributed by atoms with E-state index in [1.54, 1.807) is 4.57 Å². The van der Waals surface area contributed by atoms with Crippen LogP contribution < -0.4 is 11.3 Å². The Morgan fingerprint density at radius 3 is 2.90 bits per heavy atom. The Labute approximate surface area is 125 Å². The lowest BCUT2D eigenvalue weighted by molar-refractivity contribution is 0.101. The fourth-order valence-corrected chi connectivity index (χ4v) is 2.74. The average Bonchev–Trinajstić information content (AvgIpc) is 2.91. The number of hydrogen-bond donors (Lipinski definition) is 4. The van der Waals surface area contributed by atoms with E-state index in [0.717, 1.165) is 0 Å². The predicted octanol–water partition coefficient (Wildman–Crippen LogP) is -0.406. The van der Waals surface area contributed by atoms with Gasteiger partial charge in [0, 0.05) is 5.92 Å². The number of hydrogen-bond acceptors (Lipinski definition) is 6. The zero-order chi connectivity index (χ0) is 14.4. The predicted molar refractivity (Wildman–Crippen MR) is 79.2 cm³/mol. The summed E-state index contributed by atoms with van der Waals surface area (Å²) in [6, 6.07) is -0.263. The molecule has 3 atom stereocenters. The number of aromatic amines is 1. The lowest BCUT2D eigenvalue weighted by Gasteiger charge is -2.15. The van der Waals surface area contributed by atoms with Crippen LogP contribution in [0.3, 0.4) is 0 Å². The van der Waals surface area contributed by atoms with Gasteiger partial charge in [0.1, 0.15) is 0 Å². The summed E-state index contributed by atoms with van der Waals surface area (Å²) in [6.07, 6.45) is 1.20. The monoisotopic (exact) mass is 313 g/mol. The van der Waals surface area contributed by atoms with Crippen LogP contribution in [0, 0.1) is 5.92 Å². The van der Waals surface area contributed by atoms with E-state index in [1.165, 1.54) is 6.33 Å². The number of aliphatic hydroxyl groups is 2. The number of aliphatic hydroxyl groups excluding tert-OH is 2. The summed E-state index contributed by atoms with van der Waals surface area (Å²) in [6.45, 7) is 3.76. The smallest absolute Gasteiger partial charge is 0.280 e. The largest absolute Gasteiger partial charge is 0.396 e. The summed E-state index contributed by atoms with van der Waals surface area (Å²) < 4.78 is 1.67. The van der Waals surface area contributed by atoms with Crippen molar-refractivity contribution in [1.82, 2.24) is 19.5 Å². The van der Waals surface area contributed by atoms with Gasteiger partial charge in [0.05, 0.1) is 25.1 Å². The third-order valence-corrected chi connectivity index (χ3v) is 3.82. The highest BCUT2D eigenvalue weighted by Gasteiger charge is 2.37. The molecule has 0 amide bonds. The molecule has 3 rings (SSSR count). The Morgan fingerprint density at radius 1 is 1.57 bits per heavy atom. The topological polar surface area (TPSA) is 130 Å². The van der Waals surface area contributed by atoms with Gasteiger partial charge >= 0.3 is 0 Å². The second kappa shape index (κ2) is 5.47. The Bertz CT molecular complexity index is 740. The molecule has 2 heterocycles. The molecule has 9 heteroatoms. The van der Waals surface area contributed by atoms with Crippen LogP contribution in [0.2, 0.25) is 0 Å². The van der Waals surface area contributed by atoms with Gasteiger partial charge in [-0.05, 0) is 12.0 Å². The minimum Gasteiger partial charge on any atom is -0.396 e. The van der Waals surface area contributed by atoms with Crippen molar-refractivity contribution < 1.29 is 10.2 Å². The molecule has 8 nitrogen and oxygen atoms in total. The van der Waals surface area contributed by atoms with Gasteiger partial charge < -0.3 is 20.5 Å². The number of imidazole rings is 1. The van der Waals surface area contributed by atoms with E-state index in [2.05, 4.69) is 21.5 Å². The summed E-state index contributed by atoms with van der Waals surface area (Å²) >= 11 is 0. The molecule has 1 saturated carbocycles. The molecule has 114 valence electrons. The van der Waals surface area contributed by atoms with E-state index in [-0.39, 0.29) is 42.4 Å². The first-order valence-corrected chi connectivity index (χ1v) is 6.23. The Balaban J connectivity index is 0.00000161. The maximum Gasteiger partial charge on any atom is 0.280 e. The summed E-state index contributed by atoms with van der Waals surface area (Å²) in [5, 5.41) is 19.2. The molecule has 0 radical (unpaired) electrons. The summed E-state index contributed by atoms with van der Waals surface area (Å²) in [5.41, 5.74) is 6.37. The van der Waals surface area contributed by atoms with Gasteiger partial charge in [0.2, 0.25) is 5.95 Å². The van der Waals surface area contributed by atoms with Crippen LogP contribution in [-0.2, 0) is 0 Å². The third-order valence-electron chi connectivity index (χ3n) is 3.82. The summed E-state index contributed by atoms with van der Waals surface area (Å²) in [5.74, 6) is -0.371. The minimum absolute atomic E-state index is 0. The molecule has 0 bridgehead atoms. The van der Waals surface area contributed by atoms with Crippen LogP contribution in [0.25, 0.3) is 11.2 Å². The Kier molecular flexibility index (Phi) is 4.04. The number of nitrogens with one attached hydrogen (secondary N) is 1. The number of nitrogens with zero attached hydrogens (tertiary/aromatic N) is 3. The number of fused-ring (bicyclic) bond motifs is 1. The zero-order valence-electron chi connectivity index (χ0n) is 11.1. The SMILES string of the molecule is C=C1C(CO)C(O)CC1n1cnc2c(=O)[nH]c(N)nc21.Cl. The molecule has 0 saturated heterocycles. The Hall–Kier alpha value is -1.90. The normalized spacial score (nSPS) is 25.2. The first kappa shape index (κ1) is 15.5. The van der Waals surface area contributed by atoms with E-state index in [0.29, 0.717) is 17.6 Å². The van der Waals surface area contributed by atoms with Gasteiger partial charge in [-0.1, -0.05) is 6.58 Å². The van der Waals surface area contributed by atoms with Crippen LogP contribution >= 0.6 is 12.4 Å². The maximum absolute atomic E-state index is 11.7. The molecule has 1 aliphatic rings. The van der Waals surface area contributed by atoms with Crippen molar-refractivity contribution >= 4 is 29.5 Å². The van der Waals surface area contributed by atoms with Crippen LogP contribution in [0.15, 0.2) is 23.3 Å². The molecular weight excluding hydrogens is 298 g/mol. The van der Waals surface area contributed by atoms with Crippen molar-refractivity contribution in [3.63, 3.8) is 0 Å². The van der Waals surface area contributed by atoms with Crippen molar-refractivity contribution in [3.05, 3.63) is 28.8 Å². The second-order valence-corrected chi connectivity index (χ2v) is 4.96. The first-order chi connectivity index (χ1) is 9.52. The summed E-state index contributed by atoms with van der Waals surface area (Å²) in [4.78, 5) is 22.2. The van der Waals surface area contributed by atoms with Gasteiger partial charge in [-0.2, -0.15) is 4.98 Å². The van der Waals surface area contributed by atoms with Gasteiger partial charge in [-0.25, -0.2) is 4.98 Å². The van der Waals surface area contributed by atoms with E-state index >= 15 is 0 Å². The van der Waals surface area contributed by atoms with Crippen LogP contribution in [0.4, 0.5) is 5.95 Å². The number of nitrogens with two attached hydrogens (primary N) is 1. The molecule has 1 fully saturated rings. The molecule has 2 aromatic rings. The quantitative estimate of drug-likeness (QED) is 0.558. The average molecular weight is 314 g/mol. The number of rotatable bonds is 2. The molecule has 5 N–H and O–H groups in total. The molecule has 0 aromatic carbocycles. The zero-order valence-corrected chi connectivity index (χ0v) is 11.9. The van der Waals surface area contributed by atoms with Crippen molar-refractivity contribution in [1.29, 1.82) is 0 Å². The highest BCUT2D eigenvalue weighted by atomic mass is 35.5. The van der Waals surface area contributed by atoms with Crippen molar-refractivity contribution in [2.75, 3.05) is 12.3 Å². The number of halogens is 1. The van der Waals surface area contributed by atoms with Gasteiger partial charge in [-0.3, -0.25) is 9.78 Å². The molecule has 3 unspecified atom stereocenters. The summed E-state index contributed by atoms with van der Waals surface area (Å²) in [7, 11) is 0. The number of nitrogen functional groups attached to an aromatic ring is 1. The van der Waals surface area contributed by atoms with Gasteiger partial charge in [0.25, 0.3) is 5.56 Å². The molecule has 21 heavy (non-hydrogen) atoms. The van der Waals surface area contributed by atoms with Gasteiger partial charge in [-0.15, -0.1) is 12.4 Å². The number of anilines is 1. The van der Waals surface area contributed by atoms with E-state index < -0.39 is 11.7 Å². The van der Waals surface area contributed by atoms with Crippen LogP contribution in [0.5, 0.6) is 0 Å². The number of aromatic nitrogens is 4. The standard InChI is InChI=1S/C12H15N5O3.ClH/c1-5-6(3-18)8(19)2-7(5)17-4-14-9-10(17)15-12(13)16-11(9)20;/h4,6-8,18-19H,1-3H2,(H3,13,15,16,20);1H. The van der Waals surface area contributed by atoms with Crippen molar-refractivity contribution in [3.8, 4) is 0 Å².